The van der Waals surface area contributed by atoms with Crippen molar-refractivity contribution in [2.24, 2.45) is 0 Å². The number of imidazole rings is 1. The van der Waals surface area contributed by atoms with Crippen molar-refractivity contribution < 1.29 is 9.53 Å². The Labute approximate surface area is 149 Å². The molecule has 2 aromatic rings. The number of hydrogen-bond donors (Lipinski definition) is 1. The van der Waals surface area contributed by atoms with Crippen LogP contribution in [0.5, 0.6) is 0 Å². The number of H-pyrrole nitrogens is 1. The summed E-state index contributed by atoms with van der Waals surface area (Å²) in [4.78, 5) is 22.5. The fourth-order valence-corrected chi connectivity index (χ4v) is 3.43. The van der Waals surface area contributed by atoms with Crippen molar-refractivity contribution in [3.63, 3.8) is 0 Å². The maximum atomic E-state index is 12.5. The van der Waals surface area contributed by atoms with E-state index in [0.29, 0.717) is 19.6 Å². The molecule has 5 heteroatoms. The smallest absolute Gasteiger partial charge is 0.223 e. The second-order valence-corrected chi connectivity index (χ2v) is 6.60. The van der Waals surface area contributed by atoms with Gasteiger partial charge in [0, 0.05) is 26.2 Å². The fraction of sp³-hybridized carbons (Fsp3) is 0.500. The minimum atomic E-state index is 0.0677. The van der Waals surface area contributed by atoms with E-state index in [9.17, 15) is 4.79 Å². The monoisotopic (exact) mass is 341 g/mol. The van der Waals surface area contributed by atoms with Crippen molar-refractivity contribution in [1.29, 1.82) is 0 Å². The summed E-state index contributed by atoms with van der Waals surface area (Å²) in [5, 5.41) is 0. The van der Waals surface area contributed by atoms with Crippen LogP contribution in [0.4, 0.5) is 0 Å². The van der Waals surface area contributed by atoms with Gasteiger partial charge in [-0.2, -0.15) is 0 Å². The molecule has 2 heterocycles. The highest BCUT2D eigenvalue weighted by Gasteiger charge is 2.31. The third kappa shape index (κ3) is 4.28. The molecule has 1 saturated heterocycles. The van der Waals surface area contributed by atoms with Crippen LogP contribution < -0.4 is 0 Å². The van der Waals surface area contributed by atoms with Gasteiger partial charge in [0.1, 0.15) is 5.82 Å². The number of carbonyl (C=O) groups is 1. The number of rotatable bonds is 7. The van der Waals surface area contributed by atoms with Gasteiger partial charge >= 0.3 is 0 Å². The Morgan fingerprint density at radius 3 is 3.12 bits per heavy atom. The van der Waals surface area contributed by atoms with Crippen LogP contribution in [0, 0.1) is 6.92 Å². The van der Waals surface area contributed by atoms with E-state index in [2.05, 4.69) is 41.2 Å². The standard InChI is InChI=1S/C20H27N3O2/c1-3-25-12-6-10-19(24)23-11-5-9-18(23)20-21-14-17(22-20)16-8-4-7-15(2)13-16/h4,7-8,13-14,18H,3,5-6,9-12H2,1-2H3,(H,21,22). The van der Waals surface area contributed by atoms with Crippen molar-refractivity contribution in [2.45, 2.75) is 45.6 Å². The number of nitrogens with one attached hydrogen (secondary N) is 1. The molecule has 0 spiro atoms. The quantitative estimate of drug-likeness (QED) is 0.778. The lowest BCUT2D eigenvalue weighted by atomic mass is 10.1. The van der Waals surface area contributed by atoms with E-state index < -0.39 is 0 Å². The number of carbonyl (C=O) groups excluding carboxylic acids is 1. The van der Waals surface area contributed by atoms with Crippen molar-refractivity contribution in [3.8, 4) is 11.3 Å². The number of benzene rings is 1. The first kappa shape index (κ1) is 17.7. The van der Waals surface area contributed by atoms with Crippen LogP contribution in [0.25, 0.3) is 11.3 Å². The Hall–Kier alpha value is -2.14. The zero-order valence-electron chi connectivity index (χ0n) is 15.1. The molecule has 1 aromatic carbocycles. The largest absolute Gasteiger partial charge is 0.382 e. The molecule has 0 radical (unpaired) electrons. The Bertz CT molecular complexity index is 710. The first-order valence-electron chi connectivity index (χ1n) is 9.18. The van der Waals surface area contributed by atoms with E-state index in [4.69, 9.17) is 4.74 Å². The third-order valence-electron chi connectivity index (χ3n) is 4.70. The lowest BCUT2D eigenvalue weighted by Crippen LogP contribution is -2.31. The highest BCUT2D eigenvalue weighted by atomic mass is 16.5. The van der Waals surface area contributed by atoms with Gasteiger partial charge in [0.2, 0.25) is 5.91 Å². The molecule has 25 heavy (non-hydrogen) atoms. The van der Waals surface area contributed by atoms with Gasteiger partial charge in [-0.3, -0.25) is 4.79 Å². The highest BCUT2D eigenvalue weighted by Crippen LogP contribution is 2.32. The van der Waals surface area contributed by atoms with Crippen LogP contribution in [0.2, 0.25) is 0 Å². The van der Waals surface area contributed by atoms with Gasteiger partial charge in [0.05, 0.1) is 17.9 Å². The first-order valence-corrected chi connectivity index (χ1v) is 9.18. The van der Waals surface area contributed by atoms with Gasteiger partial charge in [0.15, 0.2) is 0 Å². The summed E-state index contributed by atoms with van der Waals surface area (Å²) in [6.07, 6.45) is 5.20. The average Bonchev–Trinajstić information content (AvgIpc) is 3.27. The molecule has 1 atom stereocenters. The summed E-state index contributed by atoms with van der Waals surface area (Å²) in [6.45, 7) is 6.23. The predicted octanol–water partition coefficient (Wildman–Crippen LogP) is 3.87. The number of likely N-dealkylation sites (tertiary alicyclic amines) is 1. The van der Waals surface area contributed by atoms with E-state index in [1.165, 1.54) is 5.56 Å². The fourth-order valence-electron chi connectivity index (χ4n) is 3.43. The van der Waals surface area contributed by atoms with Crippen LogP contribution in [0.15, 0.2) is 30.5 Å². The molecule has 0 bridgehead atoms. The van der Waals surface area contributed by atoms with Crippen LogP contribution in [0.3, 0.4) is 0 Å². The lowest BCUT2D eigenvalue weighted by molar-refractivity contribution is -0.132. The molecule has 3 rings (SSSR count). The molecule has 1 amide bonds. The molecule has 5 nitrogen and oxygen atoms in total. The minimum absolute atomic E-state index is 0.0677. The van der Waals surface area contributed by atoms with Crippen molar-refractivity contribution in [3.05, 3.63) is 41.9 Å². The van der Waals surface area contributed by atoms with E-state index in [0.717, 1.165) is 42.9 Å². The third-order valence-corrected chi connectivity index (χ3v) is 4.70. The van der Waals surface area contributed by atoms with E-state index in [1.54, 1.807) is 0 Å². The van der Waals surface area contributed by atoms with Crippen molar-refractivity contribution in [1.82, 2.24) is 14.9 Å². The van der Waals surface area contributed by atoms with E-state index in [-0.39, 0.29) is 11.9 Å². The van der Waals surface area contributed by atoms with Gasteiger partial charge in [-0.1, -0.05) is 23.8 Å². The Morgan fingerprint density at radius 2 is 2.32 bits per heavy atom. The zero-order chi connectivity index (χ0) is 17.6. The summed E-state index contributed by atoms with van der Waals surface area (Å²) in [5.74, 6) is 1.10. The van der Waals surface area contributed by atoms with E-state index in [1.807, 2.05) is 18.0 Å². The van der Waals surface area contributed by atoms with Gasteiger partial charge < -0.3 is 14.6 Å². The summed E-state index contributed by atoms with van der Waals surface area (Å²) < 4.78 is 5.33. The number of aromatic amines is 1. The van der Waals surface area contributed by atoms with Gasteiger partial charge in [-0.25, -0.2) is 4.98 Å². The molecule has 1 N–H and O–H groups in total. The van der Waals surface area contributed by atoms with Gasteiger partial charge in [0.25, 0.3) is 0 Å². The molecular formula is C20H27N3O2. The molecule has 1 aliphatic heterocycles. The molecular weight excluding hydrogens is 314 g/mol. The van der Waals surface area contributed by atoms with Gasteiger partial charge in [-0.15, -0.1) is 0 Å². The minimum Gasteiger partial charge on any atom is -0.382 e. The number of nitrogens with zero attached hydrogens (tertiary/aromatic N) is 2. The van der Waals surface area contributed by atoms with Crippen LogP contribution >= 0.6 is 0 Å². The Kier molecular flexibility index (Phi) is 5.87. The van der Waals surface area contributed by atoms with Crippen LogP contribution in [0.1, 0.15) is 50.0 Å². The number of ether oxygens (including phenoxy) is 1. The van der Waals surface area contributed by atoms with Crippen molar-refractivity contribution >= 4 is 5.91 Å². The summed E-state index contributed by atoms with van der Waals surface area (Å²) >= 11 is 0. The normalized spacial score (nSPS) is 17.2. The molecule has 1 fully saturated rings. The summed E-state index contributed by atoms with van der Waals surface area (Å²) in [5.41, 5.74) is 3.36. The molecule has 0 saturated carbocycles. The second-order valence-electron chi connectivity index (χ2n) is 6.60. The lowest BCUT2D eigenvalue weighted by Gasteiger charge is -2.23. The highest BCUT2D eigenvalue weighted by molar-refractivity contribution is 5.77. The van der Waals surface area contributed by atoms with E-state index >= 15 is 0 Å². The van der Waals surface area contributed by atoms with Crippen LogP contribution in [-0.2, 0) is 9.53 Å². The molecule has 134 valence electrons. The number of aryl methyl sites for hydroxylation is 1. The number of hydrogen-bond acceptors (Lipinski definition) is 3. The zero-order valence-corrected chi connectivity index (χ0v) is 15.1. The van der Waals surface area contributed by atoms with Gasteiger partial charge in [-0.05, 0) is 44.7 Å². The summed E-state index contributed by atoms with van der Waals surface area (Å²) in [6, 6.07) is 8.42. The van der Waals surface area contributed by atoms with Crippen molar-refractivity contribution in [2.75, 3.05) is 19.8 Å². The average molecular weight is 341 g/mol. The molecule has 1 aromatic heterocycles. The first-order chi connectivity index (χ1) is 12.2. The SMILES string of the molecule is CCOCCCC(=O)N1CCCC1c1ncc(-c2cccc(C)c2)[nH]1. The maximum absolute atomic E-state index is 12.5. The second kappa shape index (κ2) is 8.30. The Balaban J connectivity index is 1.67. The maximum Gasteiger partial charge on any atom is 0.223 e. The number of amides is 1. The molecule has 0 aliphatic carbocycles. The molecule has 1 aliphatic rings. The topological polar surface area (TPSA) is 58.2 Å². The Morgan fingerprint density at radius 1 is 1.44 bits per heavy atom. The number of aromatic nitrogens is 2. The molecule has 1 unspecified atom stereocenters. The van der Waals surface area contributed by atoms with Crippen LogP contribution in [-0.4, -0.2) is 40.5 Å². The summed E-state index contributed by atoms with van der Waals surface area (Å²) in [7, 11) is 0. The predicted molar refractivity (Wildman–Crippen MR) is 98.2 cm³/mol.